The Morgan fingerprint density at radius 1 is 1.35 bits per heavy atom. The second kappa shape index (κ2) is 6.25. The van der Waals surface area contributed by atoms with Crippen LogP contribution in [0.25, 0.3) is 0 Å². The van der Waals surface area contributed by atoms with Gasteiger partial charge in [0.25, 0.3) is 5.91 Å². The molecule has 0 heterocycles. The van der Waals surface area contributed by atoms with Gasteiger partial charge in [-0.05, 0) is 24.5 Å². The molecule has 1 aromatic carbocycles. The number of aliphatic hydroxyl groups is 1. The summed E-state index contributed by atoms with van der Waals surface area (Å²) < 4.78 is 0. The molecule has 1 unspecified atom stereocenters. The second-order valence-electron chi connectivity index (χ2n) is 4.35. The van der Waals surface area contributed by atoms with E-state index < -0.39 is 0 Å². The number of nitrogens with one attached hydrogen (secondary N) is 1. The Hall–Kier alpha value is -1.55. The van der Waals surface area contributed by atoms with Gasteiger partial charge in [-0.25, -0.2) is 0 Å². The molecule has 0 saturated heterocycles. The van der Waals surface area contributed by atoms with Crippen LogP contribution in [0, 0.1) is 5.92 Å². The molecule has 3 N–H and O–H groups in total. The summed E-state index contributed by atoms with van der Waals surface area (Å²) in [5, 5.41) is 21.3. The van der Waals surface area contributed by atoms with Crippen LogP contribution in [0.2, 0.25) is 0 Å². The average molecular weight is 237 g/mol. The lowest BCUT2D eigenvalue weighted by Crippen LogP contribution is -2.39. The maximum Gasteiger partial charge on any atom is 0.255 e. The number of phenolic OH excluding ortho intramolecular Hbond substituents is 1. The van der Waals surface area contributed by atoms with Crippen molar-refractivity contribution >= 4 is 5.91 Å². The van der Waals surface area contributed by atoms with Crippen molar-refractivity contribution < 1.29 is 15.0 Å². The first kappa shape index (κ1) is 13.5. The zero-order valence-corrected chi connectivity index (χ0v) is 10.2. The quantitative estimate of drug-likeness (QED) is 0.727. The molecule has 1 aromatic rings. The highest BCUT2D eigenvalue weighted by molar-refractivity contribution is 5.96. The van der Waals surface area contributed by atoms with Gasteiger partial charge in [0.1, 0.15) is 5.75 Å². The molecule has 4 heteroatoms. The van der Waals surface area contributed by atoms with Crippen LogP contribution in [0.1, 0.15) is 30.6 Å². The van der Waals surface area contributed by atoms with E-state index in [4.69, 9.17) is 5.11 Å². The summed E-state index contributed by atoms with van der Waals surface area (Å²) in [7, 11) is 0. The topological polar surface area (TPSA) is 69.6 Å². The van der Waals surface area contributed by atoms with E-state index >= 15 is 0 Å². The van der Waals surface area contributed by atoms with E-state index in [9.17, 15) is 9.90 Å². The molecular weight excluding hydrogens is 218 g/mol. The Kier molecular flexibility index (Phi) is 4.97. The monoisotopic (exact) mass is 237 g/mol. The van der Waals surface area contributed by atoms with Gasteiger partial charge in [0.15, 0.2) is 0 Å². The Morgan fingerprint density at radius 2 is 2.00 bits per heavy atom. The number of phenols is 1. The van der Waals surface area contributed by atoms with Crippen LogP contribution in [0.15, 0.2) is 24.3 Å². The van der Waals surface area contributed by atoms with Gasteiger partial charge in [-0.2, -0.15) is 0 Å². The summed E-state index contributed by atoms with van der Waals surface area (Å²) >= 11 is 0. The molecular formula is C13H19NO3. The van der Waals surface area contributed by atoms with Crippen molar-refractivity contribution in [1.29, 1.82) is 0 Å². The molecule has 0 aliphatic heterocycles. The summed E-state index contributed by atoms with van der Waals surface area (Å²) in [5.41, 5.74) is 0.260. The molecule has 94 valence electrons. The van der Waals surface area contributed by atoms with Crippen LogP contribution < -0.4 is 5.32 Å². The van der Waals surface area contributed by atoms with Crippen molar-refractivity contribution in [3.05, 3.63) is 29.8 Å². The standard InChI is InChI=1S/C13H19NO3/c1-9(2)11(7-8-15)14-13(17)10-5-3-4-6-12(10)16/h3-6,9,11,15-16H,7-8H2,1-2H3,(H,14,17). The van der Waals surface area contributed by atoms with E-state index in [-0.39, 0.29) is 35.8 Å². The van der Waals surface area contributed by atoms with Gasteiger partial charge in [0.2, 0.25) is 0 Å². The van der Waals surface area contributed by atoms with Gasteiger partial charge >= 0.3 is 0 Å². The van der Waals surface area contributed by atoms with Gasteiger partial charge < -0.3 is 15.5 Å². The fraction of sp³-hybridized carbons (Fsp3) is 0.462. The summed E-state index contributed by atoms with van der Waals surface area (Å²) in [4.78, 5) is 11.9. The Morgan fingerprint density at radius 3 is 2.53 bits per heavy atom. The van der Waals surface area contributed by atoms with Crippen molar-refractivity contribution in [2.75, 3.05) is 6.61 Å². The van der Waals surface area contributed by atoms with Gasteiger partial charge in [0.05, 0.1) is 5.56 Å². The molecule has 1 atom stereocenters. The first-order valence-electron chi connectivity index (χ1n) is 5.76. The highest BCUT2D eigenvalue weighted by atomic mass is 16.3. The van der Waals surface area contributed by atoms with Crippen LogP contribution in [0.5, 0.6) is 5.75 Å². The fourth-order valence-corrected chi connectivity index (χ4v) is 1.62. The maximum atomic E-state index is 11.9. The molecule has 1 amide bonds. The average Bonchev–Trinajstić information content (AvgIpc) is 2.28. The maximum absolute atomic E-state index is 11.9. The number of para-hydroxylation sites is 1. The number of rotatable bonds is 5. The summed E-state index contributed by atoms with van der Waals surface area (Å²) in [6.45, 7) is 3.99. The van der Waals surface area contributed by atoms with E-state index in [2.05, 4.69) is 5.32 Å². The predicted molar refractivity (Wildman–Crippen MR) is 65.9 cm³/mol. The van der Waals surface area contributed by atoms with Crippen LogP contribution in [0.3, 0.4) is 0 Å². The van der Waals surface area contributed by atoms with Crippen LogP contribution in [-0.2, 0) is 0 Å². The fourth-order valence-electron chi connectivity index (χ4n) is 1.62. The van der Waals surface area contributed by atoms with Crippen molar-refractivity contribution in [1.82, 2.24) is 5.32 Å². The molecule has 0 aliphatic rings. The number of carbonyl (C=O) groups excluding carboxylic acids is 1. The molecule has 0 saturated carbocycles. The lowest BCUT2D eigenvalue weighted by molar-refractivity contribution is 0.0914. The zero-order valence-electron chi connectivity index (χ0n) is 10.2. The lowest BCUT2D eigenvalue weighted by atomic mass is 10.0. The number of aliphatic hydroxyl groups excluding tert-OH is 1. The summed E-state index contributed by atoms with van der Waals surface area (Å²) in [5.74, 6) is -0.108. The van der Waals surface area contributed by atoms with E-state index in [1.54, 1.807) is 18.2 Å². The number of aromatic hydroxyl groups is 1. The molecule has 0 aromatic heterocycles. The first-order chi connectivity index (χ1) is 8.06. The largest absolute Gasteiger partial charge is 0.507 e. The second-order valence-corrected chi connectivity index (χ2v) is 4.35. The van der Waals surface area contributed by atoms with Crippen LogP contribution in [0.4, 0.5) is 0 Å². The van der Waals surface area contributed by atoms with Gasteiger partial charge in [-0.15, -0.1) is 0 Å². The van der Waals surface area contributed by atoms with Crippen LogP contribution >= 0.6 is 0 Å². The third kappa shape index (κ3) is 3.75. The molecule has 1 rings (SSSR count). The first-order valence-corrected chi connectivity index (χ1v) is 5.76. The number of carbonyl (C=O) groups is 1. The van der Waals surface area contributed by atoms with Gasteiger partial charge in [-0.3, -0.25) is 4.79 Å². The van der Waals surface area contributed by atoms with Gasteiger partial charge in [0, 0.05) is 12.6 Å². The minimum Gasteiger partial charge on any atom is -0.507 e. The molecule has 0 radical (unpaired) electrons. The smallest absolute Gasteiger partial charge is 0.255 e. The molecule has 0 spiro atoms. The number of hydrogen-bond donors (Lipinski definition) is 3. The highest BCUT2D eigenvalue weighted by Crippen LogP contribution is 2.16. The number of amides is 1. The molecule has 0 aliphatic carbocycles. The Balaban J connectivity index is 2.74. The normalized spacial score (nSPS) is 12.5. The molecule has 17 heavy (non-hydrogen) atoms. The Bertz CT molecular complexity index is 377. The van der Waals surface area contributed by atoms with Gasteiger partial charge in [-0.1, -0.05) is 26.0 Å². The van der Waals surface area contributed by atoms with Crippen molar-refractivity contribution in [2.45, 2.75) is 26.3 Å². The van der Waals surface area contributed by atoms with E-state index in [0.29, 0.717) is 6.42 Å². The van der Waals surface area contributed by atoms with E-state index in [1.165, 1.54) is 6.07 Å². The third-order valence-electron chi connectivity index (χ3n) is 2.71. The summed E-state index contributed by atoms with van der Waals surface area (Å²) in [6, 6.07) is 6.32. The van der Waals surface area contributed by atoms with E-state index in [0.717, 1.165) is 0 Å². The van der Waals surface area contributed by atoms with Crippen molar-refractivity contribution in [3.63, 3.8) is 0 Å². The Labute approximate surface area is 101 Å². The lowest BCUT2D eigenvalue weighted by Gasteiger charge is -2.21. The van der Waals surface area contributed by atoms with Crippen molar-refractivity contribution in [3.8, 4) is 5.75 Å². The number of hydrogen-bond acceptors (Lipinski definition) is 3. The predicted octanol–water partition coefficient (Wildman–Crippen LogP) is 1.53. The third-order valence-corrected chi connectivity index (χ3v) is 2.71. The SMILES string of the molecule is CC(C)C(CCO)NC(=O)c1ccccc1O. The molecule has 0 fully saturated rings. The minimum atomic E-state index is -0.310. The zero-order chi connectivity index (χ0) is 12.8. The molecule has 0 bridgehead atoms. The number of benzene rings is 1. The minimum absolute atomic E-state index is 0.0310. The van der Waals surface area contributed by atoms with Crippen LogP contribution in [-0.4, -0.2) is 28.8 Å². The van der Waals surface area contributed by atoms with Crippen molar-refractivity contribution in [2.24, 2.45) is 5.92 Å². The molecule has 4 nitrogen and oxygen atoms in total. The summed E-state index contributed by atoms with van der Waals surface area (Å²) in [6.07, 6.45) is 0.511. The highest BCUT2D eigenvalue weighted by Gasteiger charge is 2.18. The van der Waals surface area contributed by atoms with E-state index in [1.807, 2.05) is 13.8 Å².